The average Bonchev–Trinajstić information content (AvgIpc) is 2.34. The fourth-order valence-electron chi connectivity index (χ4n) is 1.48. The van der Waals surface area contributed by atoms with E-state index in [9.17, 15) is 9.59 Å². The van der Waals surface area contributed by atoms with Crippen molar-refractivity contribution >= 4 is 12.1 Å². The highest BCUT2D eigenvalue weighted by molar-refractivity contribution is 5.78. The van der Waals surface area contributed by atoms with Crippen molar-refractivity contribution in [3.63, 3.8) is 0 Å². The normalized spacial score (nSPS) is 11.6. The van der Waals surface area contributed by atoms with Gasteiger partial charge in [-0.15, -0.1) is 0 Å². The number of esters is 1. The first-order valence-corrected chi connectivity index (χ1v) is 7.51. The number of rotatable bonds is 7. The van der Waals surface area contributed by atoms with E-state index in [1.54, 1.807) is 20.8 Å². The van der Waals surface area contributed by atoms with Crippen molar-refractivity contribution in [3.05, 3.63) is 23.3 Å². The highest BCUT2D eigenvalue weighted by Gasteiger charge is 2.16. The van der Waals surface area contributed by atoms with Crippen LogP contribution in [-0.4, -0.2) is 30.8 Å². The number of carbonyl (C=O) groups excluding carboxylic acids is 2. The molecular formula is C17H29NO4. The largest absolute Gasteiger partial charge is 0.460 e. The van der Waals surface area contributed by atoms with Crippen molar-refractivity contribution in [2.75, 3.05) is 13.2 Å². The highest BCUT2D eigenvalue weighted by Crippen LogP contribution is 2.07. The van der Waals surface area contributed by atoms with Crippen LogP contribution in [0.5, 0.6) is 0 Å². The number of hydrogen-bond acceptors (Lipinski definition) is 4. The summed E-state index contributed by atoms with van der Waals surface area (Å²) in [5.74, 6) is -0.487. The van der Waals surface area contributed by atoms with Crippen molar-refractivity contribution in [1.82, 2.24) is 5.32 Å². The Balaban J connectivity index is 3.90. The van der Waals surface area contributed by atoms with Gasteiger partial charge in [-0.3, -0.25) is 4.79 Å². The predicted octanol–water partition coefficient (Wildman–Crippen LogP) is 3.75. The molecule has 0 heterocycles. The Kier molecular flexibility index (Phi) is 9.22. The Hall–Kier alpha value is -1.78. The van der Waals surface area contributed by atoms with E-state index in [1.807, 2.05) is 13.0 Å². The zero-order chi connectivity index (χ0) is 17.2. The van der Waals surface area contributed by atoms with Gasteiger partial charge in [0.25, 0.3) is 0 Å². The minimum atomic E-state index is -0.627. The van der Waals surface area contributed by atoms with E-state index in [0.29, 0.717) is 0 Å². The lowest BCUT2D eigenvalue weighted by Crippen LogP contribution is -2.36. The van der Waals surface area contributed by atoms with Crippen LogP contribution in [0.25, 0.3) is 0 Å². The van der Waals surface area contributed by atoms with Gasteiger partial charge < -0.3 is 14.8 Å². The second-order valence-electron chi connectivity index (χ2n) is 6.41. The molecule has 126 valence electrons. The van der Waals surface area contributed by atoms with Crippen LogP contribution < -0.4 is 5.32 Å². The molecule has 5 nitrogen and oxygen atoms in total. The van der Waals surface area contributed by atoms with Gasteiger partial charge in [0.15, 0.2) is 0 Å². The third-order valence-corrected chi connectivity index (χ3v) is 2.54. The number of hydrogen-bond donors (Lipinski definition) is 1. The molecule has 0 saturated heterocycles. The van der Waals surface area contributed by atoms with Gasteiger partial charge >= 0.3 is 12.1 Å². The number of carbonyl (C=O) groups is 2. The SMILES string of the molecule is CC(C)=CCC/C(C)=C\COC(=O)CNC(=O)OC(C)(C)C. The van der Waals surface area contributed by atoms with Crippen molar-refractivity contribution in [2.45, 2.75) is 60.0 Å². The van der Waals surface area contributed by atoms with Crippen LogP contribution in [0.3, 0.4) is 0 Å². The molecule has 0 saturated carbocycles. The minimum absolute atomic E-state index is 0.195. The molecule has 0 aliphatic heterocycles. The standard InChI is InChI=1S/C17H29NO4/c1-13(2)8-7-9-14(3)10-11-21-15(19)12-18-16(20)22-17(4,5)6/h8,10H,7,9,11-12H2,1-6H3,(H,18,20)/b14-10-. The smallest absolute Gasteiger partial charge is 0.408 e. The van der Waals surface area contributed by atoms with Gasteiger partial charge in [-0.05, 0) is 60.5 Å². The summed E-state index contributed by atoms with van der Waals surface area (Å²) >= 11 is 0. The lowest BCUT2D eigenvalue weighted by Gasteiger charge is -2.19. The zero-order valence-electron chi connectivity index (χ0n) is 14.6. The fourth-order valence-corrected chi connectivity index (χ4v) is 1.48. The first kappa shape index (κ1) is 20.2. The van der Waals surface area contributed by atoms with E-state index in [-0.39, 0.29) is 13.2 Å². The summed E-state index contributed by atoms with van der Waals surface area (Å²) < 4.78 is 10.0. The third kappa shape index (κ3) is 13.2. The summed E-state index contributed by atoms with van der Waals surface area (Å²) in [6.07, 6.45) is 5.36. The molecule has 0 aromatic rings. The molecule has 0 spiro atoms. The number of ether oxygens (including phenoxy) is 2. The maximum atomic E-state index is 11.5. The van der Waals surface area contributed by atoms with Crippen LogP contribution in [0.1, 0.15) is 54.4 Å². The minimum Gasteiger partial charge on any atom is -0.460 e. The lowest BCUT2D eigenvalue weighted by molar-refractivity contribution is -0.141. The van der Waals surface area contributed by atoms with E-state index in [2.05, 4.69) is 25.2 Å². The first-order chi connectivity index (χ1) is 10.1. The van der Waals surface area contributed by atoms with Gasteiger partial charge in [0.1, 0.15) is 18.8 Å². The molecule has 0 atom stereocenters. The van der Waals surface area contributed by atoms with Crippen molar-refractivity contribution in [1.29, 1.82) is 0 Å². The van der Waals surface area contributed by atoms with Gasteiger partial charge in [0, 0.05) is 0 Å². The van der Waals surface area contributed by atoms with Gasteiger partial charge in [-0.2, -0.15) is 0 Å². The van der Waals surface area contributed by atoms with Crippen LogP contribution >= 0.6 is 0 Å². The van der Waals surface area contributed by atoms with Gasteiger partial charge in [0.05, 0.1) is 0 Å². The predicted molar refractivity (Wildman–Crippen MR) is 87.6 cm³/mol. The molecule has 0 aromatic heterocycles. The van der Waals surface area contributed by atoms with E-state index in [1.165, 1.54) is 11.1 Å². The lowest BCUT2D eigenvalue weighted by atomic mass is 10.1. The second-order valence-corrected chi connectivity index (χ2v) is 6.41. The van der Waals surface area contributed by atoms with Crippen LogP contribution in [-0.2, 0) is 14.3 Å². The molecule has 22 heavy (non-hydrogen) atoms. The molecule has 1 amide bonds. The molecule has 0 rings (SSSR count). The van der Waals surface area contributed by atoms with E-state index in [4.69, 9.17) is 9.47 Å². The quantitative estimate of drug-likeness (QED) is 0.574. The summed E-state index contributed by atoms with van der Waals surface area (Å²) in [5.41, 5.74) is 1.89. The summed E-state index contributed by atoms with van der Waals surface area (Å²) in [7, 11) is 0. The van der Waals surface area contributed by atoms with Gasteiger partial charge in [0.2, 0.25) is 0 Å². The van der Waals surface area contributed by atoms with Crippen molar-refractivity contribution in [2.24, 2.45) is 0 Å². The molecule has 0 aliphatic carbocycles. The van der Waals surface area contributed by atoms with E-state index >= 15 is 0 Å². The van der Waals surface area contributed by atoms with Crippen molar-refractivity contribution in [3.8, 4) is 0 Å². The molecule has 0 bridgehead atoms. The molecule has 5 heteroatoms. The maximum Gasteiger partial charge on any atom is 0.408 e. The Morgan fingerprint density at radius 2 is 1.73 bits per heavy atom. The Bertz CT molecular complexity index is 426. The Morgan fingerprint density at radius 3 is 2.27 bits per heavy atom. The molecule has 0 unspecified atom stereocenters. The monoisotopic (exact) mass is 311 g/mol. The zero-order valence-corrected chi connectivity index (χ0v) is 14.6. The Labute approximate surface area is 133 Å². The molecule has 0 fully saturated rings. The third-order valence-electron chi connectivity index (χ3n) is 2.54. The van der Waals surface area contributed by atoms with E-state index in [0.717, 1.165) is 12.8 Å². The number of nitrogens with one attached hydrogen (secondary N) is 1. The molecular weight excluding hydrogens is 282 g/mol. The summed E-state index contributed by atoms with van der Waals surface area (Å²) in [5, 5.41) is 2.36. The van der Waals surface area contributed by atoms with E-state index < -0.39 is 17.7 Å². The topological polar surface area (TPSA) is 64.6 Å². The fraction of sp³-hybridized carbons (Fsp3) is 0.647. The van der Waals surface area contributed by atoms with Crippen LogP contribution in [0, 0.1) is 0 Å². The number of amides is 1. The molecule has 0 radical (unpaired) electrons. The second kappa shape index (κ2) is 10.0. The van der Waals surface area contributed by atoms with Crippen molar-refractivity contribution < 1.29 is 19.1 Å². The Morgan fingerprint density at radius 1 is 1.09 bits per heavy atom. The number of alkyl carbamates (subject to hydrolysis) is 1. The molecule has 0 aromatic carbocycles. The van der Waals surface area contributed by atoms with Gasteiger partial charge in [-0.25, -0.2) is 4.79 Å². The summed E-state index contributed by atoms with van der Waals surface area (Å²) in [6, 6.07) is 0. The average molecular weight is 311 g/mol. The van der Waals surface area contributed by atoms with Crippen LogP contribution in [0.2, 0.25) is 0 Å². The van der Waals surface area contributed by atoms with Crippen LogP contribution in [0.15, 0.2) is 23.3 Å². The highest BCUT2D eigenvalue weighted by atomic mass is 16.6. The van der Waals surface area contributed by atoms with Gasteiger partial charge in [-0.1, -0.05) is 17.2 Å². The maximum absolute atomic E-state index is 11.5. The molecule has 0 aliphatic rings. The van der Waals surface area contributed by atoms with Crippen LogP contribution in [0.4, 0.5) is 4.79 Å². The first-order valence-electron chi connectivity index (χ1n) is 7.51. The summed E-state index contributed by atoms with van der Waals surface area (Å²) in [4.78, 5) is 22.8. The number of allylic oxidation sites excluding steroid dienone is 3. The summed E-state index contributed by atoms with van der Waals surface area (Å²) in [6.45, 7) is 11.4. The molecule has 1 N–H and O–H groups in total.